The molecule has 0 saturated heterocycles. The molecule has 126 valence electrons. The Balaban J connectivity index is 1.90. The average molecular weight is 330 g/mol. The lowest BCUT2D eigenvalue weighted by molar-refractivity contribution is -0.139. The fraction of sp³-hybridized carbons (Fsp3) is 0.222. The van der Waals surface area contributed by atoms with E-state index in [0.717, 1.165) is 11.3 Å². The normalized spacial score (nSPS) is 10.6. The van der Waals surface area contributed by atoms with Crippen molar-refractivity contribution in [2.45, 2.75) is 13.5 Å². The Morgan fingerprint density at radius 2 is 1.88 bits per heavy atom. The number of carbonyl (C=O) groups is 2. The summed E-state index contributed by atoms with van der Waals surface area (Å²) in [7, 11) is 2.88. The molecule has 0 fully saturated rings. The molecule has 1 heterocycles. The maximum Gasteiger partial charge on any atom is 0.341 e. The van der Waals surface area contributed by atoms with E-state index in [4.69, 9.17) is 13.9 Å². The molecule has 0 atom stereocenters. The van der Waals surface area contributed by atoms with Gasteiger partial charge in [0.2, 0.25) is 0 Å². The molecule has 2 aromatic rings. The Hall–Kier alpha value is -3.02. The standard InChI is InChI=1S/C18H18O6/c1-12-16(18(20)22-3)10-15(24-12)11-23-17(19)9-6-13-4-7-14(21-2)8-5-13/h4-10H,11H2,1-3H3/b9-6+. The lowest BCUT2D eigenvalue weighted by Crippen LogP contribution is -2.01. The molecule has 1 aromatic heterocycles. The minimum Gasteiger partial charge on any atom is -0.497 e. The third-order valence-electron chi connectivity index (χ3n) is 3.26. The Morgan fingerprint density at radius 1 is 1.17 bits per heavy atom. The number of ether oxygens (including phenoxy) is 3. The largest absolute Gasteiger partial charge is 0.497 e. The molecule has 6 heteroatoms. The molecule has 0 N–H and O–H groups in total. The predicted molar refractivity (Wildman–Crippen MR) is 86.6 cm³/mol. The first-order valence-corrected chi connectivity index (χ1v) is 7.20. The Morgan fingerprint density at radius 3 is 2.50 bits per heavy atom. The second-order valence-corrected chi connectivity index (χ2v) is 4.89. The van der Waals surface area contributed by atoms with Gasteiger partial charge in [0.15, 0.2) is 0 Å². The van der Waals surface area contributed by atoms with Crippen molar-refractivity contribution >= 4 is 18.0 Å². The zero-order chi connectivity index (χ0) is 17.5. The quantitative estimate of drug-likeness (QED) is 0.598. The third kappa shape index (κ3) is 4.49. The summed E-state index contributed by atoms with van der Waals surface area (Å²) in [6, 6.07) is 8.74. The maximum atomic E-state index is 11.7. The molecule has 0 radical (unpaired) electrons. The number of esters is 2. The highest BCUT2D eigenvalue weighted by Crippen LogP contribution is 2.17. The zero-order valence-corrected chi connectivity index (χ0v) is 13.7. The monoisotopic (exact) mass is 330 g/mol. The van der Waals surface area contributed by atoms with E-state index in [-0.39, 0.29) is 6.61 Å². The van der Waals surface area contributed by atoms with E-state index in [1.165, 1.54) is 19.3 Å². The van der Waals surface area contributed by atoms with Gasteiger partial charge in [-0.25, -0.2) is 9.59 Å². The van der Waals surface area contributed by atoms with Crippen LogP contribution in [-0.2, 0) is 20.9 Å². The second kappa shape index (κ2) is 8.01. The van der Waals surface area contributed by atoms with E-state index in [1.807, 2.05) is 12.1 Å². The van der Waals surface area contributed by atoms with Gasteiger partial charge in [-0.05, 0) is 36.8 Å². The highest BCUT2D eigenvalue weighted by atomic mass is 16.5. The summed E-state index contributed by atoms with van der Waals surface area (Å²) in [6.07, 6.45) is 2.95. The Labute approximate surface area is 139 Å². The van der Waals surface area contributed by atoms with Gasteiger partial charge in [0.05, 0.1) is 14.2 Å². The van der Waals surface area contributed by atoms with Gasteiger partial charge >= 0.3 is 11.9 Å². The van der Waals surface area contributed by atoms with E-state index < -0.39 is 11.9 Å². The van der Waals surface area contributed by atoms with Crippen LogP contribution in [0.25, 0.3) is 6.08 Å². The smallest absolute Gasteiger partial charge is 0.341 e. The van der Waals surface area contributed by atoms with Crippen LogP contribution in [0.15, 0.2) is 40.8 Å². The second-order valence-electron chi connectivity index (χ2n) is 4.89. The molecule has 24 heavy (non-hydrogen) atoms. The molecular weight excluding hydrogens is 312 g/mol. The van der Waals surface area contributed by atoms with Crippen molar-refractivity contribution in [1.29, 1.82) is 0 Å². The van der Waals surface area contributed by atoms with Gasteiger partial charge in [-0.1, -0.05) is 12.1 Å². The van der Waals surface area contributed by atoms with Crippen LogP contribution in [0.2, 0.25) is 0 Å². The first-order valence-electron chi connectivity index (χ1n) is 7.20. The van der Waals surface area contributed by atoms with Crippen LogP contribution in [0.5, 0.6) is 5.75 Å². The van der Waals surface area contributed by atoms with Gasteiger partial charge in [0, 0.05) is 6.08 Å². The maximum absolute atomic E-state index is 11.7. The fourth-order valence-electron chi connectivity index (χ4n) is 2.00. The molecule has 0 saturated carbocycles. The summed E-state index contributed by atoms with van der Waals surface area (Å²) >= 11 is 0. The number of hydrogen-bond donors (Lipinski definition) is 0. The van der Waals surface area contributed by atoms with Crippen LogP contribution in [0, 0.1) is 6.92 Å². The summed E-state index contributed by atoms with van der Waals surface area (Å²) in [5.41, 5.74) is 1.16. The summed E-state index contributed by atoms with van der Waals surface area (Å²) < 4.78 is 20.1. The number of hydrogen-bond acceptors (Lipinski definition) is 6. The van der Waals surface area contributed by atoms with Gasteiger partial charge in [0.25, 0.3) is 0 Å². The third-order valence-corrected chi connectivity index (χ3v) is 3.26. The van der Waals surface area contributed by atoms with E-state index in [0.29, 0.717) is 17.1 Å². The molecule has 0 aliphatic heterocycles. The lowest BCUT2D eigenvalue weighted by Gasteiger charge is -2.00. The summed E-state index contributed by atoms with van der Waals surface area (Å²) in [6.45, 7) is 1.57. The van der Waals surface area contributed by atoms with E-state index in [2.05, 4.69) is 4.74 Å². The first kappa shape index (κ1) is 17.3. The van der Waals surface area contributed by atoms with Crippen LogP contribution in [0.1, 0.15) is 27.4 Å². The Bertz CT molecular complexity index is 739. The van der Waals surface area contributed by atoms with Crippen LogP contribution in [0.4, 0.5) is 0 Å². The van der Waals surface area contributed by atoms with Gasteiger partial charge in [0.1, 0.15) is 29.4 Å². The van der Waals surface area contributed by atoms with Crippen molar-refractivity contribution < 1.29 is 28.2 Å². The van der Waals surface area contributed by atoms with Gasteiger partial charge in [-0.2, -0.15) is 0 Å². The summed E-state index contributed by atoms with van der Waals surface area (Å²) in [5, 5.41) is 0. The predicted octanol–water partition coefficient (Wildman–Crippen LogP) is 3.14. The van der Waals surface area contributed by atoms with Gasteiger partial charge in [-0.15, -0.1) is 0 Å². The number of benzene rings is 1. The minimum absolute atomic E-state index is 0.0659. The highest BCUT2D eigenvalue weighted by Gasteiger charge is 2.15. The number of carbonyl (C=O) groups excluding carboxylic acids is 2. The van der Waals surface area contributed by atoms with Crippen molar-refractivity contribution in [2.75, 3.05) is 14.2 Å². The number of methoxy groups -OCH3 is 2. The van der Waals surface area contributed by atoms with Crippen LogP contribution >= 0.6 is 0 Å². The molecular formula is C18H18O6. The molecule has 0 aliphatic rings. The molecule has 1 aromatic carbocycles. The van der Waals surface area contributed by atoms with Gasteiger partial charge in [-0.3, -0.25) is 0 Å². The average Bonchev–Trinajstić information content (AvgIpc) is 2.98. The molecule has 2 rings (SSSR count). The summed E-state index contributed by atoms with van der Waals surface area (Å²) in [5.74, 6) is 0.526. The SMILES string of the molecule is COC(=O)c1cc(COC(=O)/C=C/c2ccc(OC)cc2)oc1C. The number of furan rings is 1. The zero-order valence-electron chi connectivity index (χ0n) is 13.7. The molecule has 0 unspecified atom stereocenters. The molecule has 0 bridgehead atoms. The number of aryl methyl sites for hydroxylation is 1. The van der Waals surface area contributed by atoms with Crippen molar-refractivity contribution in [2.24, 2.45) is 0 Å². The van der Waals surface area contributed by atoms with Crippen LogP contribution < -0.4 is 4.74 Å². The molecule has 0 aliphatic carbocycles. The van der Waals surface area contributed by atoms with Crippen molar-refractivity contribution in [3.63, 3.8) is 0 Å². The van der Waals surface area contributed by atoms with Crippen molar-refractivity contribution in [3.8, 4) is 5.75 Å². The highest BCUT2D eigenvalue weighted by molar-refractivity contribution is 5.90. The molecule has 0 amide bonds. The van der Waals surface area contributed by atoms with E-state index in [9.17, 15) is 9.59 Å². The molecule has 0 spiro atoms. The minimum atomic E-state index is -0.514. The first-order chi connectivity index (χ1) is 11.5. The summed E-state index contributed by atoms with van der Waals surface area (Å²) in [4.78, 5) is 23.2. The van der Waals surface area contributed by atoms with Crippen LogP contribution in [-0.4, -0.2) is 26.2 Å². The Kier molecular flexibility index (Phi) is 5.78. The molecule has 6 nitrogen and oxygen atoms in total. The van der Waals surface area contributed by atoms with E-state index in [1.54, 1.807) is 32.2 Å². The van der Waals surface area contributed by atoms with Crippen LogP contribution in [0.3, 0.4) is 0 Å². The number of rotatable bonds is 6. The van der Waals surface area contributed by atoms with Crippen molar-refractivity contribution in [3.05, 3.63) is 59.1 Å². The van der Waals surface area contributed by atoms with Crippen molar-refractivity contribution in [1.82, 2.24) is 0 Å². The fourth-order valence-corrected chi connectivity index (χ4v) is 2.00. The van der Waals surface area contributed by atoms with Gasteiger partial charge < -0.3 is 18.6 Å². The lowest BCUT2D eigenvalue weighted by atomic mass is 10.2. The van der Waals surface area contributed by atoms with E-state index >= 15 is 0 Å². The topological polar surface area (TPSA) is 75.0 Å².